The Bertz CT molecular complexity index is 2490. The van der Waals surface area contributed by atoms with Gasteiger partial charge in [-0.25, -0.2) is 8.78 Å². The molecule has 7 nitrogen and oxygen atoms in total. The largest absolute Gasteiger partial charge is 0.502 e. The van der Waals surface area contributed by atoms with Crippen LogP contribution in [0.1, 0.15) is 124 Å². The van der Waals surface area contributed by atoms with Crippen molar-refractivity contribution >= 4 is 25.7 Å². The van der Waals surface area contributed by atoms with Crippen LogP contribution in [-0.4, -0.2) is 51.5 Å². The zero-order chi connectivity index (χ0) is 46.7. The average Bonchev–Trinajstić information content (AvgIpc) is 3.42. The van der Waals surface area contributed by atoms with E-state index in [1.807, 2.05) is 123 Å². The van der Waals surface area contributed by atoms with Crippen LogP contribution in [0.3, 0.4) is 0 Å². The molecule has 1 atom stereocenters. The standard InChI is InChI=1S/C54H66F2O7Si/c1-49(2,3)61-64(62-50(4,5)6,63-51(7,8)9)32-29-52(10,11)59-31-30-58-40-23-17-36(18-24-40)54(35-15-21-39(57-14)22-16-35)28-27-43-47-46(41-25-19-37(55)33-44(41)48(43)60-54)42-26-20-38(56)34-45(42)53(47,12)13/h15-28,33-34H,29-32H2,1-14H3. The fourth-order valence-corrected chi connectivity index (χ4v) is 13.3. The smallest absolute Gasteiger partial charge is 0.497 e. The van der Waals surface area contributed by atoms with Gasteiger partial charge in [0, 0.05) is 33.5 Å². The van der Waals surface area contributed by atoms with Crippen molar-refractivity contribution in [3.63, 3.8) is 0 Å². The molecule has 10 heteroatoms. The van der Waals surface area contributed by atoms with Gasteiger partial charge in [0.05, 0.1) is 36.1 Å². The number of fused-ring (bicyclic) bond motifs is 8. The summed E-state index contributed by atoms with van der Waals surface area (Å²) in [7, 11) is -1.56. The minimum atomic E-state index is -3.19. The van der Waals surface area contributed by atoms with E-state index in [0.29, 0.717) is 48.3 Å². The molecular weight excluding hydrogens is 827 g/mol. The molecule has 0 saturated heterocycles. The molecule has 0 bridgehead atoms. The van der Waals surface area contributed by atoms with Crippen LogP contribution in [0.15, 0.2) is 91.0 Å². The first-order valence-corrected chi connectivity index (χ1v) is 24.3. The summed E-state index contributed by atoms with van der Waals surface area (Å²) in [5, 5.41) is 1.49. The minimum absolute atomic E-state index is 0.294. The monoisotopic (exact) mass is 892 g/mol. The van der Waals surface area contributed by atoms with Crippen LogP contribution >= 0.6 is 0 Å². The molecule has 1 unspecified atom stereocenters. The van der Waals surface area contributed by atoms with E-state index in [0.717, 1.165) is 44.3 Å². The van der Waals surface area contributed by atoms with Gasteiger partial charge in [-0.1, -0.05) is 56.3 Å². The van der Waals surface area contributed by atoms with Crippen molar-refractivity contribution in [2.24, 2.45) is 0 Å². The average molecular weight is 893 g/mol. The molecule has 1 aliphatic heterocycles. The SMILES string of the molecule is COc1ccc(C2(c3ccc(OCCOC(C)(C)CC[Si](OC(C)(C)C)(OC(C)(C)C)OC(C)(C)C)cc3)C=Cc3c4c(c5ccc(F)cc5c3O2)-c2ccc(F)cc2C4(C)C)cc1. The summed E-state index contributed by atoms with van der Waals surface area (Å²) in [6.07, 6.45) is 4.82. The number of ether oxygens (including phenoxy) is 4. The normalized spacial score (nSPS) is 17.2. The van der Waals surface area contributed by atoms with Crippen molar-refractivity contribution in [2.45, 2.75) is 136 Å². The Morgan fingerprint density at radius 3 is 1.75 bits per heavy atom. The van der Waals surface area contributed by atoms with Crippen LogP contribution < -0.4 is 14.2 Å². The maximum absolute atomic E-state index is 15.3. The molecule has 5 aromatic rings. The summed E-state index contributed by atoms with van der Waals surface area (Å²) in [5.41, 5.74) is 2.81. The number of hydrogen-bond donors (Lipinski definition) is 0. The molecule has 5 aromatic carbocycles. The highest BCUT2D eigenvalue weighted by molar-refractivity contribution is 6.61. The lowest BCUT2D eigenvalue weighted by Gasteiger charge is -2.44. The maximum Gasteiger partial charge on any atom is 0.502 e. The first kappa shape index (κ1) is 47.4. The van der Waals surface area contributed by atoms with Gasteiger partial charge in [0.15, 0.2) is 5.60 Å². The third-order valence-corrected chi connectivity index (χ3v) is 15.3. The van der Waals surface area contributed by atoms with Gasteiger partial charge >= 0.3 is 8.80 Å². The number of rotatable bonds is 14. The van der Waals surface area contributed by atoms with Crippen LogP contribution in [0, 0.1) is 11.6 Å². The third-order valence-electron chi connectivity index (χ3n) is 11.6. The quantitative estimate of drug-likeness (QED) is 0.0813. The topological polar surface area (TPSA) is 64.6 Å². The molecular formula is C54H66F2O7Si. The van der Waals surface area contributed by atoms with Gasteiger partial charge in [-0.05, 0) is 165 Å². The Morgan fingerprint density at radius 2 is 1.19 bits per heavy atom. The highest BCUT2D eigenvalue weighted by atomic mass is 28.4. The first-order valence-electron chi connectivity index (χ1n) is 22.3. The number of hydrogen-bond acceptors (Lipinski definition) is 7. The zero-order valence-electron chi connectivity index (χ0n) is 40.2. The molecule has 0 radical (unpaired) electrons. The van der Waals surface area contributed by atoms with Crippen LogP contribution in [0.25, 0.3) is 28.0 Å². The number of benzene rings is 5. The van der Waals surface area contributed by atoms with Crippen molar-refractivity contribution in [2.75, 3.05) is 20.3 Å². The summed E-state index contributed by atoms with van der Waals surface area (Å²) in [5.74, 6) is 1.28. The maximum atomic E-state index is 15.3. The van der Waals surface area contributed by atoms with E-state index in [-0.39, 0.29) is 11.6 Å². The molecule has 0 spiro atoms. The molecule has 0 aromatic heterocycles. The predicted molar refractivity (Wildman–Crippen MR) is 255 cm³/mol. The molecule has 64 heavy (non-hydrogen) atoms. The van der Waals surface area contributed by atoms with Crippen LogP contribution in [-0.2, 0) is 29.0 Å². The molecule has 342 valence electrons. The molecule has 1 heterocycles. The lowest BCUT2D eigenvalue weighted by Crippen LogP contribution is -2.57. The second-order valence-corrected chi connectivity index (χ2v) is 23.7. The van der Waals surface area contributed by atoms with Gasteiger partial charge in [0.1, 0.15) is 35.5 Å². The van der Waals surface area contributed by atoms with Gasteiger partial charge in [-0.2, -0.15) is 0 Å². The van der Waals surface area contributed by atoms with Crippen LogP contribution in [0.5, 0.6) is 17.2 Å². The van der Waals surface area contributed by atoms with E-state index in [2.05, 4.69) is 39.8 Å². The molecule has 1 aliphatic carbocycles. The fourth-order valence-electron chi connectivity index (χ4n) is 9.16. The highest BCUT2D eigenvalue weighted by Gasteiger charge is 2.51. The molecule has 0 fully saturated rings. The summed E-state index contributed by atoms with van der Waals surface area (Å²) in [6, 6.07) is 26.0. The Hall–Kier alpha value is -4.58. The molecule has 7 rings (SSSR count). The highest BCUT2D eigenvalue weighted by Crippen LogP contribution is 2.58. The van der Waals surface area contributed by atoms with Crippen LogP contribution in [0.2, 0.25) is 6.04 Å². The summed E-state index contributed by atoms with van der Waals surface area (Å²) < 4.78 is 75.8. The summed E-state index contributed by atoms with van der Waals surface area (Å²) >= 11 is 0. The number of methoxy groups -OCH3 is 1. The summed E-state index contributed by atoms with van der Waals surface area (Å²) in [4.78, 5) is 0. The van der Waals surface area contributed by atoms with Crippen LogP contribution in [0.4, 0.5) is 8.78 Å². The van der Waals surface area contributed by atoms with Crippen molar-refractivity contribution in [3.05, 3.63) is 130 Å². The summed E-state index contributed by atoms with van der Waals surface area (Å²) in [6.45, 7) is 27.4. The van der Waals surface area contributed by atoms with Gasteiger partial charge < -0.3 is 32.2 Å². The fraction of sp³-hybridized carbons (Fsp3) is 0.444. The Labute approximate surface area is 380 Å². The second kappa shape index (κ2) is 17.0. The van der Waals surface area contributed by atoms with E-state index in [9.17, 15) is 4.39 Å². The van der Waals surface area contributed by atoms with E-state index < -0.39 is 42.2 Å². The van der Waals surface area contributed by atoms with E-state index in [1.165, 1.54) is 12.1 Å². The Kier molecular flexibility index (Phi) is 12.6. The number of halogens is 2. The molecule has 0 amide bonds. The second-order valence-electron chi connectivity index (χ2n) is 21.2. The third kappa shape index (κ3) is 9.97. The van der Waals surface area contributed by atoms with Gasteiger partial charge in [-0.15, -0.1) is 0 Å². The Morgan fingerprint density at radius 1 is 0.641 bits per heavy atom. The van der Waals surface area contributed by atoms with Gasteiger partial charge in [-0.3, -0.25) is 0 Å². The van der Waals surface area contributed by atoms with Crippen molar-refractivity contribution < 1.29 is 41.0 Å². The molecule has 2 aliphatic rings. The van der Waals surface area contributed by atoms with Crippen molar-refractivity contribution in [1.82, 2.24) is 0 Å². The lowest BCUT2D eigenvalue weighted by atomic mass is 9.77. The minimum Gasteiger partial charge on any atom is -0.497 e. The van der Waals surface area contributed by atoms with Gasteiger partial charge in [0.25, 0.3) is 0 Å². The van der Waals surface area contributed by atoms with E-state index in [4.69, 9.17) is 32.2 Å². The van der Waals surface area contributed by atoms with Crippen molar-refractivity contribution in [3.8, 4) is 28.4 Å². The molecule has 0 N–H and O–H groups in total. The predicted octanol–water partition coefficient (Wildman–Crippen LogP) is 13.7. The lowest BCUT2D eigenvalue weighted by molar-refractivity contribution is -0.0823. The zero-order valence-corrected chi connectivity index (χ0v) is 41.2. The van der Waals surface area contributed by atoms with E-state index in [1.54, 1.807) is 19.2 Å². The van der Waals surface area contributed by atoms with Crippen molar-refractivity contribution in [1.29, 1.82) is 0 Å². The Balaban J connectivity index is 1.14. The van der Waals surface area contributed by atoms with E-state index >= 15 is 4.39 Å². The molecule has 0 saturated carbocycles. The van der Waals surface area contributed by atoms with Gasteiger partial charge in [0.2, 0.25) is 0 Å². The first-order chi connectivity index (χ1) is 29.7.